The minimum atomic E-state index is -0.811. The highest BCUT2D eigenvalue weighted by Crippen LogP contribution is 2.13. The predicted molar refractivity (Wildman–Crippen MR) is 38.9 cm³/mol. The third-order valence-corrected chi connectivity index (χ3v) is 1.50. The number of rotatable bonds is 1. The van der Waals surface area contributed by atoms with Gasteiger partial charge in [0.25, 0.3) is 0 Å². The molecule has 0 aliphatic rings. The standard InChI is InChI=1S/C8H14O/c1-5-6-8(4,9)7(2)3/h7,9H,1-4H3/t8-/m1/s1. The molecule has 0 unspecified atom stereocenters. The average molecular weight is 126 g/mol. The molecule has 0 saturated carbocycles. The van der Waals surface area contributed by atoms with E-state index < -0.39 is 5.60 Å². The zero-order valence-corrected chi connectivity index (χ0v) is 6.52. The Hall–Kier alpha value is -0.480. The first-order valence-corrected chi connectivity index (χ1v) is 3.17. The molecule has 0 bridgehead atoms. The molecule has 9 heavy (non-hydrogen) atoms. The molecule has 1 heteroatoms. The van der Waals surface area contributed by atoms with Crippen molar-refractivity contribution in [2.45, 2.75) is 33.3 Å². The molecule has 0 amide bonds. The third kappa shape index (κ3) is 2.53. The first kappa shape index (κ1) is 8.52. The summed E-state index contributed by atoms with van der Waals surface area (Å²) in [5.74, 6) is 5.62. The van der Waals surface area contributed by atoms with Gasteiger partial charge in [-0.05, 0) is 19.8 Å². The first-order chi connectivity index (χ1) is 4.00. The van der Waals surface area contributed by atoms with E-state index in [2.05, 4.69) is 11.8 Å². The van der Waals surface area contributed by atoms with Crippen molar-refractivity contribution in [2.24, 2.45) is 5.92 Å². The van der Waals surface area contributed by atoms with E-state index in [-0.39, 0.29) is 5.92 Å². The monoisotopic (exact) mass is 126 g/mol. The Morgan fingerprint density at radius 3 is 2.00 bits per heavy atom. The summed E-state index contributed by atoms with van der Waals surface area (Å²) in [6.45, 7) is 7.36. The van der Waals surface area contributed by atoms with Crippen LogP contribution in [0, 0.1) is 17.8 Å². The van der Waals surface area contributed by atoms with Crippen molar-refractivity contribution in [3.05, 3.63) is 0 Å². The van der Waals surface area contributed by atoms with E-state index in [0.29, 0.717) is 0 Å². The van der Waals surface area contributed by atoms with Crippen molar-refractivity contribution in [1.29, 1.82) is 0 Å². The maximum atomic E-state index is 9.42. The van der Waals surface area contributed by atoms with Crippen LogP contribution in [0.1, 0.15) is 27.7 Å². The van der Waals surface area contributed by atoms with Gasteiger partial charge in [-0.2, -0.15) is 0 Å². The number of hydrogen-bond acceptors (Lipinski definition) is 1. The van der Waals surface area contributed by atoms with Gasteiger partial charge in [0.05, 0.1) is 0 Å². The molecule has 0 spiro atoms. The highest BCUT2D eigenvalue weighted by molar-refractivity contribution is 5.11. The summed E-state index contributed by atoms with van der Waals surface area (Å²) >= 11 is 0. The van der Waals surface area contributed by atoms with Crippen molar-refractivity contribution in [3.8, 4) is 11.8 Å². The smallest absolute Gasteiger partial charge is 0.124 e. The lowest BCUT2D eigenvalue weighted by molar-refractivity contribution is 0.0726. The maximum Gasteiger partial charge on any atom is 0.124 e. The van der Waals surface area contributed by atoms with Gasteiger partial charge < -0.3 is 5.11 Å². The third-order valence-electron chi connectivity index (χ3n) is 1.50. The van der Waals surface area contributed by atoms with Crippen molar-refractivity contribution in [2.75, 3.05) is 0 Å². The molecular weight excluding hydrogens is 112 g/mol. The Bertz CT molecular complexity index is 134. The van der Waals surface area contributed by atoms with Gasteiger partial charge in [0.15, 0.2) is 0 Å². The zero-order chi connectivity index (χ0) is 7.49. The van der Waals surface area contributed by atoms with Crippen LogP contribution in [0.3, 0.4) is 0 Å². The molecule has 1 N–H and O–H groups in total. The Morgan fingerprint density at radius 2 is 1.89 bits per heavy atom. The first-order valence-electron chi connectivity index (χ1n) is 3.17. The van der Waals surface area contributed by atoms with Gasteiger partial charge in [-0.3, -0.25) is 0 Å². The molecule has 1 atom stereocenters. The van der Waals surface area contributed by atoms with Crippen molar-refractivity contribution in [1.82, 2.24) is 0 Å². The Labute approximate surface area is 57.1 Å². The van der Waals surface area contributed by atoms with E-state index >= 15 is 0 Å². The summed E-state index contributed by atoms with van der Waals surface area (Å²) in [5, 5.41) is 9.42. The summed E-state index contributed by atoms with van der Waals surface area (Å²) in [6, 6.07) is 0. The minimum absolute atomic E-state index is 0.199. The fourth-order valence-corrected chi connectivity index (χ4v) is 0.397. The van der Waals surface area contributed by atoms with Crippen LogP contribution in [-0.4, -0.2) is 10.7 Å². The zero-order valence-electron chi connectivity index (χ0n) is 6.52. The van der Waals surface area contributed by atoms with Crippen LogP contribution in [0.2, 0.25) is 0 Å². The molecule has 0 rings (SSSR count). The normalized spacial score (nSPS) is 16.2. The second kappa shape index (κ2) is 2.89. The van der Waals surface area contributed by atoms with E-state index in [4.69, 9.17) is 0 Å². The molecular formula is C8H14O. The largest absolute Gasteiger partial charge is 0.378 e. The average Bonchev–Trinajstić information content (AvgIpc) is 1.65. The van der Waals surface area contributed by atoms with Crippen molar-refractivity contribution < 1.29 is 5.11 Å². The number of aliphatic hydroxyl groups is 1. The Kier molecular flexibility index (Phi) is 2.73. The molecule has 0 aromatic rings. The molecule has 0 heterocycles. The quantitative estimate of drug-likeness (QED) is 0.527. The predicted octanol–water partition coefficient (Wildman–Crippen LogP) is 1.42. The van der Waals surface area contributed by atoms with E-state index in [9.17, 15) is 5.11 Å². The summed E-state index contributed by atoms with van der Waals surface area (Å²) in [5.41, 5.74) is -0.811. The Balaban J connectivity index is 4.13. The fraction of sp³-hybridized carbons (Fsp3) is 0.750. The van der Waals surface area contributed by atoms with Gasteiger partial charge in [-0.25, -0.2) is 0 Å². The van der Waals surface area contributed by atoms with Gasteiger partial charge in [-0.1, -0.05) is 19.8 Å². The second-order valence-corrected chi connectivity index (χ2v) is 2.68. The van der Waals surface area contributed by atoms with E-state index in [1.165, 1.54) is 0 Å². The van der Waals surface area contributed by atoms with Crippen LogP contribution in [0.5, 0.6) is 0 Å². The summed E-state index contributed by atoms with van der Waals surface area (Å²) in [6.07, 6.45) is 0. The molecule has 0 radical (unpaired) electrons. The highest BCUT2D eigenvalue weighted by atomic mass is 16.3. The lowest BCUT2D eigenvalue weighted by Crippen LogP contribution is -2.28. The molecule has 0 saturated heterocycles. The van der Waals surface area contributed by atoms with Gasteiger partial charge >= 0.3 is 0 Å². The molecule has 0 aliphatic carbocycles. The van der Waals surface area contributed by atoms with E-state index in [1.54, 1.807) is 13.8 Å². The van der Waals surface area contributed by atoms with Gasteiger partial charge in [0.1, 0.15) is 5.60 Å². The molecule has 0 fully saturated rings. The SMILES string of the molecule is CC#C[C@@](C)(O)C(C)C. The van der Waals surface area contributed by atoms with Crippen LogP contribution in [0.15, 0.2) is 0 Å². The molecule has 1 nitrogen and oxygen atoms in total. The highest BCUT2D eigenvalue weighted by Gasteiger charge is 2.20. The molecule has 0 aromatic carbocycles. The van der Waals surface area contributed by atoms with Crippen LogP contribution in [0.4, 0.5) is 0 Å². The number of hydrogen-bond donors (Lipinski definition) is 1. The fourth-order valence-electron chi connectivity index (χ4n) is 0.397. The van der Waals surface area contributed by atoms with Crippen molar-refractivity contribution >= 4 is 0 Å². The van der Waals surface area contributed by atoms with Crippen LogP contribution in [-0.2, 0) is 0 Å². The lowest BCUT2D eigenvalue weighted by atomic mass is 9.93. The van der Waals surface area contributed by atoms with Crippen LogP contribution >= 0.6 is 0 Å². The lowest BCUT2D eigenvalue weighted by Gasteiger charge is -2.20. The van der Waals surface area contributed by atoms with Gasteiger partial charge in [-0.15, -0.1) is 5.92 Å². The maximum absolute atomic E-state index is 9.42. The minimum Gasteiger partial charge on any atom is -0.378 e. The molecule has 52 valence electrons. The molecule has 0 aromatic heterocycles. The van der Waals surface area contributed by atoms with Crippen LogP contribution in [0.25, 0.3) is 0 Å². The van der Waals surface area contributed by atoms with Crippen molar-refractivity contribution in [3.63, 3.8) is 0 Å². The van der Waals surface area contributed by atoms with Crippen LogP contribution < -0.4 is 0 Å². The second-order valence-electron chi connectivity index (χ2n) is 2.68. The summed E-state index contributed by atoms with van der Waals surface area (Å²) in [4.78, 5) is 0. The van der Waals surface area contributed by atoms with E-state index in [0.717, 1.165) is 0 Å². The van der Waals surface area contributed by atoms with E-state index in [1.807, 2.05) is 13.8 Å². The molecule has 0 aliphatic heterocycles. The Morgan fingerprint density at radius 1 is 1.44 bits per heavy atom. The summed E-state index contributed by atoms with van der Waals surface area (Å²) < 4.78 is 0. The topological polar surface area (TPSA) is 20.2 Å². The van der Waals surface area contributed by atoms with Gasteiger partial charge in [0.2, 0.25) is 0 Å². The summed E-state index contributed by atoms with van der Waals surface area (Å²) in [7, 11) is 0. The van der Waals surface area contributed by atoms with Gasteiger partial charge in [0, 0.05) is 0 Å².